The van der Waals surface area contributed by atoms with Crippen molar-refractivity contribution in [3.05, 3.63) is 65.2 Å². The number of halogens is 5. The van der Waals surface area contributed by atoms with Gasteiger partial charge in [-0.3, -0.25) is 0 Å². The van der Waals surface area contributed by atoms with Crippen LogP contribution in [0.1, 0.15) is 36.8 Å². The quantitative estimate of drug-likeness (QED) is 0.257. The maximum Gasteiger partial charge on any atom is 0.511 e. The van der Waals surface area contributed by atoms with Crippen LogP contribution in [0.2, 0.25) is 0 Å². The Morgan fingerprint density at radius 3 is 2.12 bits per heavy atom. The van der Waals surface area contributed by atoms with E-state index in [0.717, 1.165) is 24.4 Å². The van der Waals surface area contributed by atoms with Gasteiger partial charge in [-0.05, 0) is 49.4 Å². The lowest BCUT2D eigenvalue weighted by Crippen LogP contribution is -2.48. The molecule has 0 atom stereocenters. The predicted molar refractivity (Wildman–Crippen MR) is 111 cm³/mol. The summed E-state index contributed by atoms with van der Waals surface area (Å²) in [7, 11) is -10.1. The Labute approximate surface area is 192 Å². The summed E-state index contributed by atoms with van der Waals surface area (Å²) >= 11 is 0. The molecule has 2 aromatic carbocycles. The van der Waals surface area contributed by atoms with Crippen LogP contribution >= 0.6 is 0 Å². The number of nitrogens with zero attached hydrogens (tertiary/aromatic N) is 1. The summed E-state index contributed by atoms with van der Waals surface area (Å²) in [6, 6.07) is 6.71. The van der Waals surface area contributed by atoms with Gasteiger partial charge in [-0.1, -0.05) is 29.4 Å². The van der Waals surface area contributed by atoms with Gasteiger partial charge in [-0.2, -0.15) is 13.2 Å². The molecule has 0 unspecified atom stereocenters. The molecule has 3 rings (SSSR count). The van der Waals surface area contributed by atoms with Gasteiger partial charge in [0.05, 0.1) is 11.1 Å². The highest BCUT2D eigenvalue weighted by Crippen LogP contribution is 2.48. The van der Waals surface area contributed by atoms with Crippen molar-refractivity contribution in [1.82, 2.24) is 4.72 Å². The van der Waals surface area contributed by atoms with Crippen molar-refractivity contribution < 1.29 is 44.0 Å². The molecule has 7 nitrogen and oxygen atoms in total. The van der Waals surface area contributed by atoms with E-state index in [0.29, 0.717) is 5.56 Å². The Bertz CT molecular complexity index is 1290. The Kier molecular flexibility index (Phi) is 7.06. The number of benzene rings is 2. The van der Waals surface area contributed by atoms with Crippen molar-refractivity contribution >= 4 is 26.1 Å². The van der Waals surface area contributed by atoms with E-state index in [4.69, 9.17) is 5.21 Å². The van der Waals surface area contributed by atoms with Crippen molar-refractivity contribution in [2.24, 2.45) is 5.16 Å². The third kappa shape index (κ3) is 4.66. The van der Waals surface area contributed by atoms with E-state index in [1.807, 2.05) is 0 Å². The van der Waals surface area contributed by atoms with Crippen LogP contribution in [0.25, 0.3) is 0 Å². The summed E-state index contributed by atoms with van der Waals surface area (Å²) in [6.45, 7) is 0. The first kappa shape index (κ1) is 26.0. The van der Waals surface area contributed by atoms with Gasteiger partial charge in [0.1, 0.15) is 4.75 Å². The minimum absolute atomic E-state index is 0.277. The molecule has 186 valence electrons. The smallest absolute Gasteiger partial charge is 0.411 e. The molecule has 0 heterocycles. The van der Waals surface area contributed by atoms with Gasteiger partial charge in [0, 0.05) is 11.6 Å². The Morgan fingerprint density at radius 2 is 1.59 bits per heavy atom. The van der Waals surface area contributed by atoms with Crippen molar-refractivity contribution in [2.75, 3.05) is 0 Å². The number of rotatable bonds is 6. The second-order valence-corrected chi connectivity index (χ2v) is 11.7. The fourth-order valence-corrected chi connectivity index (χ4v) is 7.03. The van der Waals surface area contributed by atoms with Crippen molar-refractivity contribution in [2.45, 2.75) is 46.9 Å². The maximum absolute atomic E-state index is 14.8. The fraction of sp³-hybridized carbons (Fsp3) is 0.350. The first-order valence-electron chi connectivity index (χ1n) is 9.80. The SMILES string of the molecule is O=S(=O)(NC1CCC(c2cccc(F)c2F)(S(=O)(=O)c2ccc(C=NO)cc2)CC1)C(F)(F)F. The molecule has 0 radical (unpaired) electrons. The van der Waals surface area contributed by atoms with E-state index in [2.05, 4.69) is 5.16 Å². The van der Waals surface area contributed by atoms with Crippen molar-refractivity contribution in [3.63, 3.8) is 0 Å². The van der Waals surface area contributed by atoms with E-state index in [-0.39, 0.29) is 17.7 Å². The summed E-state index contributed by atoms with van der Waals surface area (Å²) in [6.07, 6.45) is -0.656. The third-order valence-electron chi connectivity index (χ3n) is 5.77. The lowest BCUT2D eigenvalue weighted by molar-refractivity contribution is -0.0452. The van der Waals surface area contributed by atoms with Crippen LogP contribution in [0, 0.1) is 11.6 Å². The third-order valence-corrected chi connectivity index (χ3v) is 9.58. The van der Waals surface area contributed by atoms with Gasteiger partial charge in [-0.15, -0.1) is 0 Å². The molecule has 34 heavy (non-hydrogen) atoms. The molecular weight excluding hydrogens is 507 g/mol. The Morgan fingerprint density at radius 1 is 1.00 bits per heavy atom. The molecule has 0 aromatic heterocycles. The van der Waals surface area contributed by atoms with Gasteiger partial charge in [0.2, 0.25) is 0 Å². The van der Waals surface area contributed by atoms with Crippen LogP contribution in [0.5, 0.6) is 0 Å². The molecule has 0 aliphatic heterocycles. The molecular formula is C20H19F5N2O5S2. The molecule has 1 aliphatic rings. The monoisotopic (exact) mass is 526 g/mol. The zero-order chi connectivity index (χ0) is 25.4. The molecule has 0 amide bonds. The molecule has 1 aliphatic carbocycles. The summed E-state index contributed by atoms with van der Waals surface area (Å²) < 4.78 is 117. The lowest BCUT2D eigenvalue weighted by atomic mass is 9.80. The normalized spacial score (nSPS) is 22.2. The van der Waals surface area contributed by atoms with Gasteiger partial charge in [-0.25, -0.2) is 30.3 Å². The van der Waals surface area contributed by atoms with Crippen molar-refractivity contribution in [3.8, 4) is 0 Å². The first-order chi connectivity index (χ1) is 15.7. The molecule has 0 spiro atoms. The largest absolute Gasteiger partial charge is 0.511 e. The second kappa shape index (κ2) is 9.23. The van der Waals surface area contributed by atoms with E-state index in [9.17, 15) is 38.8 Å². The zero-order valence-corrected chi connectivity index (χ0v) is 18.9. The van der Waals surface area contributed by atoms with E-state index in [1.54, 1.807) is 0 Å². The average Bonchev–Trinajstić information content (AvgIpc) is 2.76. The van der Waals surface area contributed by atoms with Crippen LogP contribution in [-0.4, -0.2) is 39.8 Å². The van der Waals surface area contributed by atoms with E-state index in [1.165, 1.54) is 29.0 Å². The Hall–Kier alpha value is -2.58. The van der Waals surface area contributed by atoms with Gasteiger partial charge >= 0.3 is 15.5 Å². The topological polar surface area (TPSA) is 113 Å². The molecule has 1 saturated carbocycles. The molecule has 2 aromatic rings. The van der Waals surface area contributed by atoms with E-state index >= 15 is 0 Å². The summed E-state index contributed by atoms with van der Waals surface area (Å²) in [5.41, 5.74) is -5.70. The van der Waals surface area contributed by atoms with Crippen LogP contribution < -0.4 is 4.72 Å². The number of sulfonamides is 1. The van der Waals surface area contributed by atoms with Crippen LogP contribution in [0.3, 0.4) is 0 Å². The minimum atomic E-state index is -5.68. The van der Waals surface area contributed by atoms with E-state index < -0.39 is 66.2 Å². The highest BCUT2D eigenvalue weighted by atomic mass is 32.2. The average molecular weight is 527 g/mol. The van der Waals surface area contributed by atoms with Gasteiger partial charge in [0.15, 0.2) is 21.5 Å². The van der Waals surface area contributed by atoms with Crippen LogP contribution in [0.4, 0.5) is 22.0 Å². The van der Waals surface area contributed by atoms with Gasteiger partial charge in [0.25, 0.3) is 0 Å². The predicted octanol–water partition coefficient (Wildman–Crippen LogP) is 3.82. The Balaban J connectivity index is 2.05. The maximum atomic E-state index is 14.8. The number of nitrogens with one attached hydrogen (secondary N) is 1. The number of sulfone groups is 1. The minimum Gasteiger partial charge on any atom is -0.411 e. The number of hydrogen-bond acceptors (Lipinski definition) is 6. The van der Waals surface area contributed by atoms with Crippen molar-refractivity contribution in [1.29, 1.82) is 0 Å². The molecule has 0 bridgehead atoms. The second-order valence-electron chi connectivity index (χ2n) is 7.75. The zero-order valence-electron chi connectivity index (χ0n) is 17.3. The fourth-order valence-electron chi connectivity index (χ4n) is 4.05. The number of hydrogen-bond donors (Lipinski definition) is 2. The molecule has 0 saturated heterocycles. The van der Waals surface area contributed by atoms with Crippen LogP contribution in [-0.2, 0) is 24.6 Å². The summed E-state index contributed by atoms with van der Waals surface area (Å²) in [5.74, 6) is -2.72. The molecule has 14 heteroatoms. The first-order valence-corrected chi connectivity index (χ1v) is 12.8. The highest BCUT2D eigenvalue weighted by molar-refractivity contribution is 7.92. The number of oxime groups is 1. The standard InChI is InChI=1S/C20H19F5N2O5S2/c21-17-3-1-2-16(18(17)22)19(33(29,30)15-6-4-13(5-7-15)12-26-28)10-8-14(9-11-19)27-34(31,32)20(23,24)25/h1-7,12,14,27-28H,8-11H2. The lowest BCUT2D eigenvalue weighted by Gasteiger charge is -2.40. The highest BCUT2D eigenvalue weighted by Gasteiger charge is 2.52. The number of alkyl halides is 3. The molecule has 2 N–H and O–H groups in total. The molecule has 1 fully saturated rings. The van der Waals surface area contributed by atoms with Crippen LogP contribution in [0.15, 0.2) is 52.5 Å². The van der Waals surface area contributed by atoms with Gasteiger partial charge < -0.3 is 5.21 Å². The summed E-state index contributed by atoms with van der Waals surface area (Å²) in [4.78, 5) is -0.277. The summed E-state index contributed by atoms with van der Waals surface area (Å²) in [5, 5.41) is 11.4.